The molecule has 0 aliphatic carbocycles. The van der Waals surface area contributed by atoms with E-state index in [1.165, 1.54) is 0 Å². The van der Waals surface area contributed by atoms with Gasteiger partial charge in [0.15, 0.2) is 0 Å². The van der Waals surface area contributed by atoms with E-state index in [1.54, 1.807) is 0 Å². The van der Waals surface area contributed by atoms with Crippen LogP contribution < -0.4 is 5.32 Å². The molecule has 0 radical (unpaired) electrons. The largest absolute Gasteiger partial charge is 0.480 e. The van der Waals surface area contributed by atoms with Crippen LogP contribution in [0.2, 0.25) is 0 Å². The molecule has 1 aromatic heterocycles. The van der Waals surface area contributed by atoms with Crippen molar-refractivity contribution in [2.75, 3.05) is 0 Å². The lowest BCUT2D eigenvalue weighted by atomic mass is 9.93. The predicted octanol–water partition coefficient (Wildman–Crippen LogP) is 2.31. The number of carbonyl (C=O) groups is 1. The van der Waals surface area contributed by atoms with Crippen LogP contribution in [0.3, 0.4) is 0 Å². The number of nitrogens with zero attached hydrogens (tertiary/aromatic N) is 2. The van der Waals surface area contributed by atoms with Gasteiger partial charge in [-0.3, -0.25) is 14.8 Å². The van der Waals surface area contributed by atoms with Crippen molar-refractivity contribution in [2.45, 2.75) is 38.8 Å². The monoisotopic (exact) mass is 275 g/mol. The van der Waals surface area contributed by atoms with E-state index in [0.717, 1.165) is 16.6 Å². The highest BCUT2D eigenvalue weighted by Gasteiger charge is 2.34. The van der Waals surface area contributed by atoms with Crippen molar-refractivity contribution < 1.29 is 9.90 Å². The number of benzene rings is 1. The summed E-state index contributed by atoms with van der Waals surface area (Å²) in [6.45, 7) is 4.23. The molecule has 0 spiro atoms. The average Bonchev–Trinajstić information content (AvgIpc) is 2.78. The molecule has 20 heavy (non-hydrogen) atoms. The molecule has 0 unspecified atom stereocenters. The molecule has 0 saturated heterocycles. The second kappa shape index (κ2) is 5.63. The van der Waals surface area contributed by atoms with E-state index in [9.17, 15) is 9.90 Å². The fourth-order valence-electron chi connectivity index (χ4n) is 2.55. The van der Waals surface area contributed by atoms with Crippen LogP contribution in [0.25, 0.3) is 10.9 Å². The molecule has 5 nitrogen and oxygen atoms in total. The van der Waals surface area contributed by atoms with Gasteiger partial charge in [-0.1, -0.05) is 32.0 Å². The minimum atomic E-state index is -0.876. The quantitative estimate of drug-likeness (QED) is 0.849. The van der Waals surface area contributed by atoms with E-state index in [-0.39, 0.29) is 0 Å². The molecule has 2 rings (SSSR count). The first-order valence-electron chi connectivity index (χ1n) is 6.93. The summed E-state index contributed by atoms with van der Waals surface area (Å²) < 4.78 is 1.83. The SMILES string of the molecule is CCC(CC)(NCc1nn(C)c2ccccc12)C(=O)O. The molecule has 0 amide bonds. The standard InChI is InChI=1S/C15H21N3O2/c1-4-15(5-2,14(19)20)16-10-12-11-8-6-7-9-13(11)18(3)17-12/h6-9,16H,4-5,10H2,1-3H3,(H,19,20). The Labute approximate surface area is 118 Å². The smallest absolute Gasteiger partial charge is 0.323 e. The number of fused-ring (bicyclic) bond motifs is 1. The third-order valence-electron chi connectivity index (χ3n) is 4.05. The Balaban J connectivity index is 2.27. The molecule has 1 heterocycles. The van der Waals surface area contributed by atoms with Crippen molar-refractivity contribution in [3.8, 4) is 0 Å². The number of carboxylic acid groups (broad SMARTS) is 1. The highest BCUT2D eigenvalue weighted by atomic mass is 16.4. The molecule has 108 valence electrons. The Bertz CT molecular complexity index is 615. The maximum atomic E-state index is 11.5. The van der Waals surface area contributed by atoms with Gasteiger partial charge in [0.1, 0.15) is 5.54 Å². The maximum Gasteiger partial charge on any atom is 0.323 e. The maximum absolute atomic E-state index is 11.5. The van der Waals surface area contributed by atoms with Crippen LogP contribution in [0.5, 0.6) is 0 Å². The van der Waals surface area contributed by atoms with Gasteiger partial charge in [-0.15, -0.1) is 0 Å². The lowest BCUT2D eigenvalue weighted by molar-refractivity contribution is -0.145. The third-order valence-corrected chi connectivity index (χ3v) is 4.05. The summed E-state index contributed by atoms with van der Waals surface area (Å²) >= 11 is 0. The zero-order chi connectivity index (χ0) is 14.8. The highest BCUT2D eigenvalue weighted by molar-refractivity contribution is 5.82. The molecule has 0 saturated carbocycles. The molecular formula is C15H21N3O2. The number of aryl methyl sites for hydroxylation is 1. The van der Waals surface area contributed by atoms with E-state index >= 15 is 0 Å². The highest BCUT2D eigenvalue weighted by Crippen LogP contribution is 2.20. The Hall–Kier alpha value is -1.88. The molecule has 2 N–H and O–H groups in total. The van der Waals surface area contributed by atoms with Gasteiger partial charge < -0.3 is 5.11 Å². The van der Waals surface area contributed by atoms with Crippen LogP contribution in [0, 0.1) is 0 Å². The third kappa shape index (κ3) is 2.41. The molecule has 2 aromatic rings. The van der Waals surface area contributed by atoms with Gasteiger partial charge in [-0.2, -0.15) is 5.10 Å². The van der Waals surface area contributed by atoms with Crippen LogP contribution in [0.4, 0.5) is 0 Å². The topological polar surface area (TPSA) is 67.2 Å². The van der Waals surface area contributed by atoms with E-state index < -0.39 is 11.5 Å². The summed E-state index contributed by atoms with van der Waals surface area (Å²) in [6, 6.07) is 7.97. The molecule has 0 bridgehead atoms. The number of hydrogen-bond donors (Lipinski definition) is 2. The lowest BCUT2D eigenvalue weighted by Crippen LogP contribution is -2.50. The van der Waals surface area contributed by atoms with Gasteiger partial charge in [0, 0.05) is 19.0 Å². The van der Waals surface area contributed by atoms with E-state index in [0.29, 0.717) is 19.4 Å². The van der Waals surface area contributed by atoms with Gasteiger partial charge >= 0.3 is 5.97 Å². The molecule has 0 atom stereocenters. The minimum absolute atomic E-state index is 0.454. The van der Waals surface area contributed by atoms with Crippen LogP contribution in [0.15, 0.2) is 24.3 Å². The number of rotatable bonds is 6. The van der Waals surface area contributed by atoms with Crippen molar-refractivity contribution in [3.63, 3.8) is 0 Å². The summed E-state index contributed by atoms with van der Waals surface area (Å²) in [4.78, 5) is 11.5. The Morgan fingerprint density at radius 2 is 2.00 bits per heavy atom. The summed E-state index contributed by atoms with van der Waals surface area (Å²) in [5.74, 6) is -0.803. The van der Waals surface area contributed by atoms with Crippen molar-refractivity contribution >= 4 is 16.9 Å². The molecular weight excluding hydrogens is 254 g/mol. The second-order valence-electron chi connectivity index (χ2n) is 5.04. The first kappa shape index (κ1) is 14.5. The normalized spacial score (nSPS) is 11.9. The summed E-state index contributed by atoms with van der Waals surface area (Å²) in [6.07, 6.45) is 1.09. The van der Waals surface area contributed by atoms with Crippen LogP contribution in [0.1, 0.15) is 32.4 Å². The number of carboxylic acids is 1. The number of para-hydroxylation sites is 1. The minimum Gasteiger partial charge on any atom is -0.480 e. The number of nitrogens with one attached hydrogen (secondary N) is 1. The van der Waals surface area contributed by atoms with Crippen LogP contribution in [-0.2, 0) is 18.4 Å². The summed E-state index contributed by atoms with van der Waals surface area (Å²) in [5, 5.41) is 18.2. The van der Waals surface area contributed by atoms with Crippen molar-refractivity contribution in [2.24, 2.45) is 7.05 Å². The van der Waals surface area contributed by atoms with E-state index in [1.807, 2.05) is 49.8 Å². The second-order valence-corrected chi connectivity index (χ2v) is 5.04. The van der Waals surface area contributed by atoms with Crippen LogP contribution in [-0.4, -0.2) is 26.4 Å². The number of aliphatic carboxylic acids is 1. The van der Waals surface area contributed by atoms with E-state index in [4.69, 9.17) is 0 Å². The van der Waals surface area contributed by atoms with E-state index in [2.05, 4.69) is 10.4 Å². The fraction of sp³-hybridized carbons (Fsp3) is 0.467. The first-order valence-corrected chi connectivity index (χ1v) is 6.93. The van der Waals surface area contributed by atoms with Gasteiger partial charge in [-0.25, -0.2) is 0 Å². The summed E-state index contributed by atoms with van der Waals surface area (Å²) in [7, 11) is 1.90. The van der Waals surface area contributed by atoms with Gasteiger partial charge in [0.25, 0.3) is 0 Å². The lowest BCUT2D eigenvalue weighted by Gasteiger charge is -2.27. The molecule has 1 aromatic carbocycles. The Morgan fingerprint density at radius 3 is 2.60 bits per heavy atom. The van der Waals surface area contributed by atoms with Crippen molar-refractivity contribution in [1.29, 1.82) is 0 Å². The molecule has 0 aliphatic heterocycles. The summed E-state index contributed by atoms with van der Waals surface area (Å²) in [5.41, 5.74) is 1.06. The van der Waals surface area contributed by atoms with Gasteiger partial charge in [0.05, 0.1) is 11.2 Å². The molecule has 0 fully saturated rings. The zero-order valence-corrected chi connectivity index (χ0v) is 12.2. The van der Waals surface area contributed by atoms with Crippen molar-refractivity contribution in [1.82, 2.24) is 15.1 Å². The Kier molecular flexibility index (Phi) is 4.09. The van der Waals surface area contributed by atoms with Crippen molar-refractivity contribution in [3.05, 3.63) is 30.0 Å². The predicted molar refractivity (Wildman–Crippen MR) is 78.5 cm³/mol. The average molecular weight is 275 g/mol. The van der Waals surface area contributed by atoms with Gasteiger partial charge in [-0.05, 0) is 18.9 Å². The fourth-order valence-corrected chi connectivity index (χ4v) is 2.55. The molecule has 5 heteroatoms. The number of aromatic nitrogens is 2. The number of hydrogen-bond acceptors (Lipinski definition) is 3. The first-order chi connectivity index (χ1) is 9.54. The van der Waals surface area contributed by atoms with Crippen LogP contribution >= 0.6 is 0 Å². The zero-order valence-electron chi connectivity index (χ0n) is 12.2. The molecule has 0 aliphatic rings. The Morgan fingerprint density at radius 1 is 1.35 bits per heavy atom. The van der Waals surface area contributed by atoms with Gasteiger partial charge in [0.2, 0.25) is 0 Å².